The van der Waals surface area contributed by atoms with Crippen molar-refractivity contribution in [2.24, 2.45) is 0 Å². The fourth-order valence-electron chi connectivity index (χ4n) is 1.69. The number of ether oxygens (including phenoxy) is 1. The first-order valence-electron chi connectivity index (χ1n) is 5.51. The van der Waals surface area contributed by atoms with E-state index in [1.165, 1.54) is 16.8 Å². The maximum Gasteiger partial charge on any atom is 0.0741 e. The SMILES string of the molecule is COC(C)C(C)Nc1c(C)cc(Br)cc1C. The molecule has 3 heteroatoms. The van der Waals surface area contributed by atoms with Crippen molar-refractivity contribution >= 4 is 21.6 Å². The van der Waals surface area contributed by atoms with Gasteiger partial charge in [0.2, 0.25) is 0 Å². The summed E-state index contributed by atoms with van der Waals surface area (Å²) in [4.78, 5) is 0. The first-order valence-corrected chi connectivity index (χ1v) is 6.31. The molecule has 0 saturated heterocycles. The average molecular weight is 286 g/mol. The molecule has 0 bridgehead atoms. The topological polar surface area (TPSA) is 21.3 Å². The van der Waals surface area contributed by atoms with Crippen molar-refractivity contribution in [3.63, 3.8) is 0 Å². The zero-order chi connectivity index (χ0) is 12.3. The van der Waals surface area contributed by atoms with Crippen LogP contribution in [0.2, 0.25) is 0 Å². The first kappa shape index (κ1) is 13.5. The van der Waals surface area contributed by atoms with E-state index in [1.807, 2.05) is 0 Å². The summed E-state index contributed by atoms with van der Waals surface area (Å²) < 4.78 is 6.44. The summed E-state index contributed by atoms with van der Waals surface area (Å²) in [5, 5.41) is 3.51. The number of hydrogen-bond acceptors (Lipinski definition) is 2. The van der Waals surface area contributed by atoms with Crippen LogP contribution in [0.3, 0.4) is 0 Å². The molecule has 0 fully saturated rings. The molecule has 1 aromatic rings. The summed E-state index contributed by atoms with van der Waals surface area (Å²) >= 11 is 3.50. The Morgan fingerprint density at radius 1 is 1.19 bits per heavy atom. The monoisotopic (exact) mass is 285 g/mol. The van der Waals surface area contributed by atoms with E-state index in [9.17, 15) is 0 Å². The minimum atomic E-state index is 0.197. The molecule has 1 rings (SSSR count). The second-order valence-corrected chi connectivity index (χ2v) is 5.20. The Morgan fingerprint density at radius 2 is 1.69 bits per heavy atom. The second-order valence-electron chi connectivity index (χ2n) is 4.29. The quantitative estimate of drug-likeness (QED) is 0.906. The minimum Gasteiger partial charge on any atom is -0.380 e. The number of hydrogen-bond donors (Lipinski definition) is 1. The van der Waals surface area contributed by atoms with Gasteiger partial charge in [-0.3, -0.25) is 0 Å². The van der Waals surface area contributed by atoms with E-state index in [-0.39, 0.29) is 6.10 Å². The largest absolute Gasteiger partial charge is 0.380 e. The highest BCUT2D eigenvalue weighted by molar-refractivity contribution is 9.10. The number of methoxy groups -OCH3 is 1. The Bertz CT molecular complexity index is 342. The maximum absolute atomic E-state index is 5.32. The van der Waals surface area contributed by atoms with Gasteiger partial charge in [0.1, 0.15) is 0 Å². The third kappa shape index (κ3) is 3.22. The summed E-state index contributed by atoms with van der Waals surface area (Å²) in [5.74, 6) is 0. The highest BCUT2D eigenvalue weighted by Crippen LogP contribution is 2.26. The van der Waals surface area contributed by atoms with Crippen LogP contribution in [-0.2, 0) is 4.74 Å². The van der Waals surface area contributed by atoms with Crippen molar-refractivity contribution in [3.8, 4) is 0 Å². The Labute approximate surface area is 107 Å². The van der Waals surface area contributed by atoms with E-state index < -0.39 is 0 Å². The van der Waals surface area contributed by atoms with Gasteiger partial charge in [-0.25, -0.2) is 0 Å². The van der Waals surface area contributed by atoms with Crippen LogP contribution in [-0.4, -0.2) is 19.3 Å². The molecule has 0 radical (unpaired) electrons. The van der Waals surface area contributed by atoms with Crippen molar-refractivity contribution in [1.29, 1.82) is 0 Å². The second kappa shape index (κ2) is 5.69. The maximum atomic E-state index is 5.32. The number of nitrogens with one attached hydrogen (secondary N) is 1. The first-order chi connectivity index (χ1) is 7.45. The van der Waals surface area contributed by atoms with Gasteiger partial charge < -0.3 is 10.1 Å². The van der Waals surface area contributed by atoms with Gasteiger partial charge in [-0.2, -0.15) is 0 Å². The van der Waals surface area contributed by atoms with Crippen molar-refractivity contribution in [3.05, 3.63) is 27.7 Å². The third-order valence-electron chi connectivity index (χ3n) is 2.95. The Balaban J connectivity index is 2.89. The summed E-state index contributed by atoms with van der Waals surface area (Å²) in [7, 11) is 1.74. The lowest BCUT2D eigenvalue weighted by Crippen LogP contribution is -2.30. The zero-order valence-corrected chi connectivity index (χ0v) is 12.2. The summed E-state index contributed by atoms with van der Waals surface area (Å²) in [5.41, 5.74) is 3.71. The van der Waals surface area contributed by atoms with Crippen molar-refractivity contribution < 1.29 is 4.74 Å². The fraction of sp³-hybridized carbons (Fsp3) is 0.538. The molecule has 0 heterocycles. The average Bonchev–Trinajstić information content (AvgIpc) is 2.21. The van der Waals surface area contributed by atoms with E-state index in [0.29, 0.717) is 6.04 Å². The molecule has 16 heavy (non-hydrogen) atoms. The number of aryl methyl sites for hydroxylation is 2. The molecule has 2 atom stereocenters. The number of halogens is 1. The predicted octanol–water partition coefficient (Wildman–Crippen LogP) is 3.90. The van der Waals surface area contributed by atoms with E-state index in [0.717, 1.165) is 4.47 Å². The third-order valence-corrected chi connectivity index (χ3v) is 3.40. The van der Waals surface area contributed by atoms with Gasteiger partial charge in [0.25, 0.3) is 0 Å². The molecular weight excluding hydrogens is 266 g/mol. The van der Waals surface area contributed by atoms with Crippen LogP contribution in [0.1, 0.15) is 25.0 Å². The highest BCUT2D eigenvalue weighted by Gasteiger charge is 2.13. The van der Waals surface area contributed by atoms with Crippen LogP contribution in [0, 0.1) is 13.8 Å². The molecular formula is C13H20BrNO. The van der Waals surface area contributed by atoms with E-state index >= 15 is 0 Å². The van der Waals surface area contributed by atoms with Gasteiger partial charge in [0, 0.05) is 23.3 Å². The lowest BCUT2D eigenvalue weighted by atomic mass is 10.1. The molecule has 1 N–H and O–H groups in total. The van der Waals surface area contributed by atoms with Crippen LogP contribution < -0.4 is 5.32 Å². The van der Waals surface area contributed by atoms with E-state index in [1.54, 1.807) is 7.11 Å². The molecule has 0 spiro atoms. The smallest absolute Gasteiger partial charge is 0.0741 e. The van der Waals surface area contributed by atoms with Gasteiger partial charge in [-0.15, -0.1) is 0 Å². The van der Waals surface area contributed by atoms with Crippen LogP contribution in [0.15, 0.2) is 16.6 Å². The van der Waals surface area contributed by atoms with E-state index in [2.05, 4.69) is 61.1 Å². The molecule has 1 aromatic carbocycles. The van der Waals surface area contributed by atoms with Crippen molar-refractivity contribution in [1.82, 2.24) is 0 Å². The number of anilines is 1. The predicted molar refractivity (Wildman–Crippen MR) is 73.2 cm³/mol. The van der Waals surface area contributed by atoms with Gasteiger partial charge in [0.05, 0.1) is 6.10 Å². The van der Waals surface area contributed by atoms with Crippen LogP contribution >= 0.6 is 15.9 Å². The van der Waals surface area contributed by atoms with Crippen molar-refractivity contribution in [2.45, 2.75) is 39.8 Å². The molecule has 0 aliphatic carbocycles. The van der Waals surface area contributed by atoms with Crippen LogP contribution in [0.4, 0.5) is 5.69 Å². The minimum absolute atomic E-state index is 0.197. The normalized spacial score (nSPS) is 14.6. The number of benzene rings is 1. The zero-order valence-electron chi connectivity index (χ0n) is 10.6. The molecule has 90 valence electrons. The standard InChI is InChI=1S/C13H20BrNO/c1-8-6-12(14)7-9(2)13(8)15-10(3)11(4)16-5/h6-7,10-11,15H,1-5H3. The molecule has 0 aliphatic rings. The highest BCUT2D eigenvalue weighted by atomic mass is 79.9. The number of rotatable bonds is 4. The lowest BCUT2D eigenvalue weighted by molar-refractivity contribution is 0.106. The molecule has 0 saturated carbocycles. The Hall–Kier alpha value is -0.540. The van der Waals surface area contributed by atoms with Gasteiger partial charge >= 0.3 is 0 Å². The molecule has 0 amide bonds. The molecule has 0 aromatic heterocycles. The summed E-state index contributed by atoms with van der Waals surface area (Å²) in [6.07, 6.45) is 0.197. The fourth-order valence-corrected chi connectivity index (χ4v) is 2.37. The lowest BCUT2D eigenvalue weighted by Gasteiger charge is -2.23. The van der Waals surface area contributed by atoms with Crippen LogP contribution in [0.25, 0.3) is 0 Å². The van der Waals surface area contributed by atoms with Crippen LogP contribution in [0.5, 0.6) is 0 Å². The van der Waals surface area contributed by atoms with Gasteiger partial charge in [-0.1, -0.05) is 15.9 Å². The van der Waals surface area contributed by atoms with Gasteiger partial charge in [0.15, 0.2) is 0 Å². The van der Waals surface area contributed by atoms with E-state index in [4.69, 9.17) is 4.74 Å². The van der Waals surface area contributed by atoms with Gasteiger partial charge in [-0.05, 0) is 51.0 Å². The summed E-state index contributed by atoms with van der Waals surface area (Å²) in [6.45, 7) is 8.44. The Kier molecular flexibility index (Phi) is 4.81. The summed E-state index contributed by atoms with van der Waals surface area (Å²) in [6, 6.07) is 4.54. The Morgan fingerprint density at radius 3 is 2.12 bits per heavy atom. The molecule has 2 nitrogen and oxygen atoms in total. The molecule has 2 unspecified atom stereocenters. The van der Waals surface area contributed by atoms with Crippen molar-refractivity contribution in [2.75, 3.05) is 12.4 Å². The molecule has 0 aliphatic heterocycles.